The fourth-order valence-electron chi connectivity index (χ4n) is 1.24. The Morgan fingerprint density at radius 1 is 1.41 bits per heavy atom. The molecule has 0 saturated carbocycles. The normalized spacial score (nSPS) is 11.2. The molecule has 0 amide bonds. The lowest BCUT2D eigenvalue weighted by molar-refractivity contribution is 0.0690. The van der Waals surface area contributed by atoms with Crippen LogP contribution in [0.2, 0.25) is 0 Å². The lowest BCUT2D eigenvalue weighted by Gasteiger charge is -2.30. The molecule has 0 atom stereocenters. The number of carbonyl (C=O) groups is 1. The molecule has 1 heterocycles. The number of carboxylic acid groups (broad SMARTS) is 1. The molecule has 1 aromatic rings. The van der Waals surface area contributed by atoms with Crippen LogP contribution in [0.25, 0.3) is 0 Å². The molecule has 0 aliphatic heterocycles. The van der Waals surface area contributed by atoms with Crippen LogP contribution in [0.5, 0.6) is 0 Å². The monoisotopic (exact) mass is 241 g/mol. The lowest BCUT2D eigenvalue weighted by Crippen LogP contribution is -2.45. The Kier molecular flexibility index (Phi) is 4.36. The molecule has 0 unspecified atom stereocenters. The third kappa shape index (κ3) is 3.11. The van der Waals surface area contributed by atoms with Gasteiger partial charge in [-0.05, 0) is 6.42 Å². The van der Waals surface area contributed by atoms with Crippen LogP contribution in [0.15, 0.2) is 12.4 Å². The fourth-order valence-corrected chi connectivity index (χ4v) is 1.24. The van der Waals surface area contributed by atoms with Crippen LogP contribution in [0.3, 0.4) is 0 Å². The van der Waals surface area contributed by atoms with E-state index in [0.717, 1.165) is 6.20 Å². The number of aliphatic hydroxyl groups excluding tert-OH is 2. The zero-order chi connectivity index (χ0) is 12.9. The number of anilines is 1. The quantitative estimate of drug-likeness (QED) is 0.541. The van der Waals surface area contributed by atoms with Crippen molar-refractivity contribution in [2.24, 2.45) is 0 Å². The van der Waals surface area contributed by atoms with E-state index in [1.54, 1.807) is 6.92 Å². The van der Waals surface area contributed by atoms with E-state index in [-0.39, 0.29) is 24.7 Å². The molecule has 0 radical (unpaired) electrons. The van der Waals surface area contributed by atoms with Crippen LogP contribution in [-0.2, 0) is 0 Å². The van der Waals surface area contributed by atoms with E-state index in [4.69, 9.17) is 5.11 Å². The molecule has 0 fully saturated rings. The van der Waals surface area contributed by atoms with Gasteiger partial charge in [0.2, 0.25) is 0 Å². The van der Waals surface area contributed by atoms with Crippen molar-refractivity contribution in [2.75, 3.05) is 18.5 Å². The van der Waals surface area contributed by atoms with Crippen LogP contribution < -0.4 is 5.32 Å². The predicted molar refractivity (Wildman–Crippen MR) is 59.8 cm³/mol. The summed E-state index contributed by atoms with van der Waals surface area (Å²) in [5, 5.41) is 30.0. The SMILES string of the molecule is CCC(CO)(CO)Nc1cncc(C(=O)O)n1. The average molecular weight is 241 g/mol. The number of aromatic nitrogens is 2. The maximum atomic E-state index is 10.7. The number of aromatic carboxylic acids is 1. The van der Waals surface area contributed by atoms with E-state index in [1.165, 1.54) is 6.20 Å². The van der Waals surface area contributed by atoms with E-state index in [1.807, 2.05) is 0 Å². The van der Waals surface area contributed by atoms with Gasteiger partial charge in [-0.2, -0.15) is 0 Å². The van der Waals surface area contributed by atoms with Crippen molar-refractivity contribution in [3.8, 4) is 0 Å². The summed E-state index contributed by atoms with van der Waals surface area (Å²) in [6.45, 7) is 1.20. The summed E-state index contributed by atoms with van der Waals surface area (Å²) in [6, 6.07) is 0. The number of hydrogen-bond acceptors (Lipinski definition) is 6. The average Bonchev–Trinajstić information content (AvgIpc) is 2.36. The Morgan fingerprint density at radius 2 is 2.06 bits per heavy atom. The van der Waals surface area contributed by atoms with E-state index in [0.29, 0.717) is 6.42 Å². The van der Waals surface area contributed by atoms with Gasteiger partial charge in [-0.1, -0.05) is 6.92 Å². The Balaban J connectivity index is 2.93. The number of hydrogen-bond donors (Lipinski definition) is 4. The van der Waals surface area contributed by atoms with Crippen molar-refractivity contribution in [2.45, 2.75) is 18.9 Å². The van der Waals surface area contributed by atoms with Gasteiger partial charge < -0.3 is 20.6 Å². The van der Waals surface area contributed by atoms with E-state index in [9.17, 15) is 15.0 Å². The van der Waals surface area contributed by atoms with Crippen LogP contribution in [0.1, 0.15) is 23.8 Å². The highest BCUT2D eigenvalue weighted by Crippen LogP contribution is 2.16. The number of nitrogens with zero attached hydrogens (tertiary/aromatic N) is 2. The number of carboxylic acids is 1. The van der Waals surface area contributed by atoms with Gasteiger partial charge in [-0.25, -0.2) is 9.78 Å². The van der Waals surface area contributed by atoms with Gasteiger partial charge in [-0.15, -0.1) is 0 Å². The van der Waals surface area contributed by atoms with Crippen LogP contribution in [0.4, 0.5) is 5.82 Å². The first-order chi connectivity index (χ1) is 8.06. The molecule has 7 nitrogen and oxygen atoms in total. The molecular formula is C10H15N3O4. The standard InChI is InChI=1S/C10H15N3O4/c1-2-10(5-14,6-15)13-8-4-11-3-7(12-8)9(16)17/h3-4,14-15H,2,5-6H2,1H3,(H,12,13)(H,16,17). The molecule has 0 aromatic carbocycles. The second-order valence-electron chi connectivity index (χ2n) is 3.67. The van der Waals surface area contributed by atoms with Crippen LogP contribution in [0, 0.1) is 0 Å². The number of rotatable bonds is 6. The first-order valence-electron chi connectivity index (χ1n) is 5.12. The first kappa shape index (κ1) is 13.3. The van der Waals surface area contributed by atoms with Crippen molar-refractivity contribution in [3.05, 3.63) is 18.1 Å². The zero-order valence-corrected chi connectivity index (χ0v) is 9.42. The summed E-state index contributed by atoms with van der Waals surface area (Å²) in [4.78, 5) is 18.2. The summed E-state index contributed by atoms with van der Waals surface area (Å²) in [5.74, 6) is -0.980. The highest BCUT2D eigenvalue weighted by atomic mass is 16.4. The summed E-state index contributed by atoms with van der Waals surface area (Å²) >= 11 is 0. The van der Waals surface area contributed by atoms with Crippen molar-refractivity contribution >= 4 is 11.8 Å². The molecule has 94 valence electrons. The molecule has 1 aromatic heterocycles. The van der Waals surface area contributed by atoms with Crippen molar-refractivity contribution in [3.63, 3.8) is 0 Å². The molecule has 0 aliphatic carbocycles. The topological polar surface area (TPSA) is 116 Å². The van der Waals surface area contributed by atoms with Gasteiger partial charge in [0, 0.05) is 0 Å². The number of nitrogens with one attached hydrogen (secondary N) is 1. The van der Waals surface area contributed by atoms with Crippen molar-refractivity contribution in [1.29, 1.82) is 0 Å². The Morgan fingerprint density at radius 3 is 2.53 bits per heavy atom. The molecule has 0 saturated heterocycles. The molecule has 1 rings (SSSR count). The van der Waals surface area contributed by atoms with Gasteiger partial charge in [0.1, 0.15) is 5.82 Å². The molecule has 17 heavy (non-hydrogen) atoms. The Bertz CT molecular complexity index is 385. The summed E-state index contributed by atoms with van der Waals surface area (Å²) in [5.41, 5.74) is -1.12. The van der Waals surface area contributed by atoms with E-state index < -0.39 is 11.5 Å². The summed E-state index contributed by atoms with van der Waals surface area (Å²) in [7, 11) is 0. The van der Waals surface area contributed by atoms with Gasteiger partial charge in [-0.3, -0.25) is 4.98 Å². The van der Waals surface area contributed by atoms with Gasteiger partial charge in [0.05, 0.1) is 31.1 Å². The summed E-state index contributed by atoms with van der Waals surface area (Å²) in [6.07, 6.45) is 2.92. The van der Waals surface area contributed by atoms with Gasteiger partial charge >= 0.3 is 5.97 Å². The van der Waals surface area contributed by atoms with Crippen molar-refractivity contribution in [1.82, 2.24) is 9.97 Å². The third-order valence-corrected chi connectivity index (χ3v) is 2.53. The van der Waals surface area contributed by atoms with Crippen molar-refractivity contribution < 1.29 is 20.1 Å². The summed E-state index contributed by atoms with van der Waals surface area (Å²) < 4.78 is 0. The first-order valence-corrected chi connectivity index (χ1v) is 5.12. The molecule has 0 spiro atoms. The highest BCUT2D eigenvalue weighted by molar-refractivity contribution is 5.85. The Hall–Kier alpha value is -1.73. The second kappa shape index (κ2) is 5.55. The maximum absolute atomic E-state index is 10.7. The largest absolute Gasteiger partial charge is 0.476 e. The predicted octanol–water partition coefficient (Wildman–Crippen LogP) is -0.280. The molecule has 7 heteroatoms. The molecule has 0 aliphatic rings. The second-order valence-corrected chi connectivity index (χ2v) is 3.67. The maximum Gasteiger partial charge on any atom is 0.356 e. The van der Waals surface area contributed by atoms with E-state index in [2.05, 4.69) is 15.3 Å². The third-order valence-electron chi connectivity index (χ3n) is 2.53. The highest BCUT2D eigenvalue weighted by Gasteiger charge is 2.27. The minimum absolute atomic E-state index is 0.198. The van der Waals surface area contributed by atoms with Crippen LogP contribution in [-0.4, -0.2) is 50.0 Å². The molecule has 0 bridgehead atoms. The zero-order valence-electron chi connectivity index (χ0n) is 9.42. The Labute approximate surface area is 98.2 Å². The molecule has 4 N–H and O–H groups in total. The molecular weight excluding hydrogens is 226 g/mol. The number of aliphatic hydroxyl groups is 2. The van der Waals surface area contributed by atoms with Gasteiger partial charge in [0.15, 0.2) is 5.69 Å². The van der Waals surface area contributed by atoms with Crippen LogP contribution >= 0.6 is 0 Å². The van der Waals surface area contributed by atoms with E-state index >= 15 is 0 Å². The minimum atomic E-state index is -1.18. The lowest BCUT2D eigenvalue weighted by atomic mass is 9.99. The minimum Gasteiger partial charge on any atom is -0.476 e. The smallest absolute Gasteiger partial charge is 0.356 e. The van der Waals surface area contributed by atoms with Gasteiger partial charge in [0.25, 0.3) is 0 Å². The fraction of sp³-hybridized carbons (Fsp3) is 0.500.